The summed E-state index contributed by atoms with van der Waals surface area (Å²) in [4.78, 5) is 6.98. The van der Waals surface area contributed by atoms with Crippen molar-refractivity contribution in [2.24, 2.45) is 0 Å². The monoisotopic (exact) mass is 424 g/mol. The second-order valence-corrected chi connectivity index (χ2v) is 7.94. The summed E-state index contributed by atoms with van der Waals surface area (Å²) in [6, 6.07) is 12.4. The molecule has 1 fully saturated rings. The average Bonchev–Trinajstić information content (AvgIpc) is 2.79. The molecule has 3 aromatic rings. The van der Waals surface area contributed by atoms with Crippen molar-refractivity contribution in [3.63, 3.8) is 0 Å². The van der Waals surface area contributed by atoms with Crippen LogP contribution < -0.4 is 14.2 Å². The Morgan fingerprint density at radius 3 is 2.74 bits per heavy atom. The molecule has 1 unspecified atom stereocenters. The Bertz CT molecular complexity index is 1030. The van der Waals surface area contributed by atoms with Crippen molar-refractivity contribution >= 4 is 10.9 Å². The molecular weight excluding hydrogens is 395 g/mol. The van der Waals surface area contributed by atoms with E-state index in [-0.39, 0.29) is 5.75 Å². The third-order valence-electron chi connectivity index (χ3n) is 5.83. The number of ether oxygens (including phenoxy) is 3. The Morgan fingerprint density at radius 2 is 1.94 bits per heavy atom. The fourth-order valence-corrected chi connectivity index (χ4v) is 4.08. The first-order valence-corrected chi connectivity index (χ1v) is 10.9. The van der Waals surface area contributed by atoms with Crippen LogP contribution in [0.3, 0.4) is 0 Å². The highest BCUT2D eigenvalue weighted by Gasteiger charge is 2.18. The van der Waals surface area contributed by atoms with Crippen molar-refractivity contribution in [1.29, 1.82) is 0 Å². The smallest absolute Gasteiger partial charge is 0.165 e. The fourth-order valence-electron chi connectivity index (χ4n) is 4.08. The largest absolute Gasteiger partial charge is 0.493 e. The molecule has 6 heteroatoms. The summed E-state index contributed by atoms with van der Waals surface area (Å²) in [6.07, 6.45) is 6.49. The minimum Gasteiger partial charge on any atom is -0.493 e. The van der Waals surface area contributed by atoms with Gasteiger partial charge in [0.15, 0.2) is 23.1 Å². The van der Waals surface area contributed by atoms with Gasteiger partial charge in [0.05, 0.1) is 19.2 Å². The zero-order valence-corrected chi connectivity index (χ0v) is 18.1. The molecule has 2 aromatic carbocycles. The minimum absolute atomic E-state index is 0.168. The molecule has 4 rings (SSSR count). The van der Waals surface area contributed by atoms with Gasteiger partial charge in [0.25, 0.3) is 0 Å². The van der Waals surface area contributed by atoms with Crippen LogP contribution in [0.4, 0.5) is 4.39 Å². The number of aromatic nitrogens is 1. The van der Waals surface area contributed by atoms with E-state index < -0.39 is 5.82 Å². The predicted molar refractivity (Wildman–Crippen MR) is 120 cm³/mol. The standard InChI is InChI=1S/C25H29FN2O3/c1-18-8-5-6-13-28(18)14-7-15-30-25-17-21-19(16-24(25)29-2)22(11-12-27-21)31-23-10-4-3-9-20(23)26/h3-4,9-12,16-18H,5-8,13-15H2,1-2H3. The number of hydrogen-bond donors (Lipinski definition) is 0. The highest BCUT2D eigenvalue weighted by atomic mass is 19.1. The second kappa shape index (κ2) is 9.96. The van der Waals surface area contributed by atoms with Gasteiger partial charge in [-0.15, -0.1) is 0 Å². The molecule has 2 heterocycles. The van der Waals surface area contributed by atoms with Gasteiger partial charge in [0.1, 0.15) is 5.75 Å². The van der Waals surface area contributed by atoms with E-state index in [1.807, 2.05) is 12.1 Å². The van der Waals surface area contributed by atoms with Crippen molar-refractivity contribution in [3.8, 4) is 23.0 Å². The molecule has 0 amide bonds. The molecule has 1 aliphatic rings. The molecular formula is C25H29FN2O3. The van der Waals surface area contributed by atoms with E-state index in [0.717, 1.165) is 18.4 Å². The summed E-state index contributed by atoms with van der Waals surface area (Å²) >= 11 is 0. The van der Waals surface area contributed by atoms with Crippen molar-refractivity contribution < 1.29 is 18.6 Å². The van der Waals surface area contributed by atoms with E-state index in [9.17, 15) is 4.39 Å². The van der Waals surface area contributed by atoms with Crippen LogP contribution in [0.1, 0.15) is 32.6 Å². The molecule has 0 radical (unpaired) electrons. The maximum atomic E-state index is 14.0. The third-order valence-corrected chi connectivity index (χ3v) is 5.83. The highest BCUT2D eigenvalue weighted by Crippen LogP contribution is 2.37. The molecule has 0 bridgehead atoms. The van der Waals surface area contributed by atoms with Crippen molar-refractivity contribution in [3.05, 3.63) is 54.5 Å². The SMILES string of the molecule is COc1cc2c(Oc3ccccc3F)ccnc2cc1OCCCN1CCCCC1C. The van der Waals surface area contributed by atoms with Gasteiger partial charge in [-0.25, -0.2) is 4.39 Å². The van der Waals surface area contributed by atoms with Crippen LogP contribution in [-0.4, -0.2) is 42.7 Å². The number of fused-ring (bicyclic) bond motifs is 1. The summed E-state index contributed by atoms with van der Waals surface area (Å²) in [5.41, 5.74) is 0.703. The Morgan fingerprint density at radius 1 is 1.06 bits per heavy atom. The van der Waals surface area contributed by atoms with Crippen molar-refractivity contribution in [2.75, 3.05) is 26.8 Å². The zero-order chi connectivity index (χ0) is 21.6. The summed E-state index contributed by atoms with van der Waals surface area (Å²) in [5, 5.41) is 0.733. The van der Waals surface area contributed by atoms with Crippen LogP contribution in [-0.2, 0) is 0 Å². The molecule has 1 aliphatic heterocycles. The number of piperidine rings is 1. The van der Waals surface area contributed by atoms with E-state index in [0.29, 0.717) is 35.4 Å². The predicted octanol–water partition coefficient (Wildman–Crippen LogP) is 5.82. The minimum atomic E-state index is -0.414. The summed E-state index contributed by atoms with van der Waals surface area (Å²) < 4.78 is 31.4. The van der Waals surface area contributed by atoms with Crippen LogP contribution in [0, 0.1) is 5.82 Å². The lowest BCUT2D eigenvalue weighted by molar-refractivity contribution is 0.148. The summed E-state index contributed by atoms with van der Waals surface area (Å²) in [5.74, 6) is 1.52. The van der Waals surface area contributed by atoms with Gasteiger partial charge < -0.3 is 19.1 Å². The number of para-hydroxylation sites is 1. The topological polar surface area (TPSA) is 43.8 Å². The van der Waals surface area contributed by atoms with Crippen LogP contribution in [0.2, 0.25) is 0 Å². The number of halogens is 1. The lowest BCUT2D eigenvalue weighted by Gasteiger charge is -2.33. The van der Waals surface area contributed by atoms with Crippen LogP contribution >= 0.6 is 0 Å². The Hall–Kier alpha value is -2.86. The van der Waals surface area contributed by atoms with E-state index in [4.69, 9.17) is 14.2 Å². The number of pyridine rings is 1. The van der Waals surface area contributed by atoms with E-state index in [2.05, 4.69) is 16.8 Å². The van der Waals surface area contributed by atoms with Gasteiger partial charge in [-0.05, 0) is 57.0 Å². The lowest BCUT2D eigenvalue weighted by Crippen LogP contribution is -2.38. The molecule has 0 aliphatic carbocycles. The molecule has 0 N–H and O–H groups in total. The van der Waals surface area contributed by atoms with Gasteiger partial charge in [-0.2, -0.15) is 0 Å². The van der Waals surface area contributed by atoms with Gasteiger partial charge >= 0.3 is 0 Å². The second-order valence-electron chi connectivity index (χ2n) is 7.94. The van der Waals surface area contributed by atoms with Crippen LogP contribution in [0.15, 0.2) is 48.7 Å². The van der Waals surface area contributed by atoms with Gasteiger partial charge in [0.2, 0.25) is 0 Å². The number of likely N-dealkylation sites (tertiary alicyclic amines) is 1. The number of hydrogen-bond acceptors (Lipinski definition) is 5. The van der Waals surface area contributed by atoms with Gasteiger partial charge in [0, 0.05) is 30.2 Å². The number of rotatable bonds is 8. The van der Waals surface area contributed by atoms with E-state index >= 15 is 0 Å². The molecule has 0 spiro atoms. The van der Waals surface area contributed by atoms with Gasteiger partial charge in [-0.3, -0.25) is 4.98 Å². The van der Waals surface area contributed by atoms with E-state index in [1.54, 1.807) is 37.6 Å². The van der Waals surface area contributed by atoms with Crippen LogP contribution in [0.5, 0.6) is 23.0 Å². The number of benzene rings is 2. The number of nitrogens with zero attached hydrogens (tertiary/aromatic N) is 2. The van der Waals surface area contributed by atoms with Crippen LogP contribution in [0.25, 0.3) is 10.9 Å². The Balaban J connectivity index is 1.48. The van der Waals surface area contributed by atoms with Gasteiger partial charge in [-0.1, -0.05) is 18.6 Å². The zero-order valence-electron chi connectivity index (χ0n) is 18.1. The van der Waals surface area contributed by atoms with Crippen molar-refractivity contribution in [2.45, 2.75) is 38.6 Å². The fraction of sp³-hybridized carbons (Fsp3) is 0.400. The average molecular weight is 425 g/mol. The first-order chi connectivity index (χ1) is 15.2. The molecule has 1 atom stereocenters. The Labute approximate surface area is 182 Å². The normalized spacial score (nSPS) is 16.9. The molecule has 0 saturated carbocycles. The third kappa shape index (κ3) is 5.07. The van der Waals surface area contributed by atoms with Crippen molar-refractivity contribution in [1.82, 2.24) is 9.88 Å². The molecule has 164 valence electrons. The summed E-state index contributed by atoms with van der Waals surface area (Å²) in [6.45, 7) is 5.13. The molecule has 5 nitrogen and oxygen atoms in total. The first kappa shape index (κ1) is 21.4. The molecule has 1 saturated heterocycles. The first-order valence-electron chi connectivity index (χ1n) is 10.9. The lowest BCUT2D eigenvalue weighted by atomic mass is 10.0. The number of methoxy groups -OCH3 is 1. The molecule has 31 heavy (non-hydrogen) atoms. The maximum Gasteiger partial charge on any atom is 0.165 e. The Kier molecular flexibility index (Phi) is 6.87. The maximum absolute atomic E-state index is 14.0. The highest BCUT2D eigenvalue weighted by molar-refractivity contribution is 5.88. The quantitative estimate of drug-likeness (QED) is 0.427. The molecule has 1 aromatic heterocycles. The summed E-state index contributed by atoms with van der Waals surface area (Å²) in [7, 11) is 1.61. The van der Waals surface area contributed by atoms with E-state index in [1.165, 1.54) is 31.9 Å².